The molecule has 9 heteroatoms. The van der Waals surface area contributed by atoms with Gasteiger partial charge in [-0.2, -0.15) is 13.2 Å². The summed E-state index contributed by atoms with van der Waals surface area (Å²) in [5, 5.41) is 0. The van der Waals surface area contributed by atoms with Crippen LogP contribution in [0.3, 0.4) is 0 Å². The highest BCUT2D eigenvalue weighted by Crippen LogP contribution is 2.44. The summed E-state index contributed by atoms with van der Waals surface area (Å²) in [7, 11) is -3.33. The van der Waals surface area contributed by atoms with Crippen molar-refractivity contribution in [2.24, 2.45) is 5.41 Å². The second-order valence-corrected chi connectivity index (χ2v) is 7.32. The number of nitrogens with zero attached hydrogens (tertiary/aromatic N) is 1. The summed E-state index contributed by atoms with van der Waals surface area (Å²) in [5.74, 6) is 0. The molecule has 0 amide bonds. The van der Waals surface area contributed by atoms with E-state index in [2.05, 4.69) is 3.07 Å². The van der Waals surface area contributed by atoms with Crippen molar-refractivity contribution in [1.29, 1.82) is 0 Å². The first-order chi connectivity index (χ1) is 8.00. The zero-order valence-electron chi connectivity index (χ0n) is 10.00. The van der Waals surface area contributed by atoms with Crippen LogP contribution in [0.4, 0.5) is 13.2 Å². The molecule has 1 atom stereocenters. The molecule has 18 heavy (non-hydrogen) atoms. The Morgan fingerprint density at radius 3 is 2.06 bits per heavy atom. The molecule has 108 valence electrons. The Hall–Kier alpha value is 0.390. The zero-order valence-corrected chi connectivity index (χ0v) is 13.0. The van der Waals surface area contributed by atoms with E-state index < -0.39 is 27.7 Å². The van der Waals surface area contributed by atoms with E-state index in [0.717, 1.165) is 6.26 Å². The fraction of sp³-hybridized carbons (Fsp3) is 1.00. The maximum Gasteiger partial charge on any atom is 0.416 e. The number of hydrogen-bond acceptors (Lipinski definition) is 3. The van der Waals surface area contributed by atoms with Gasteiger partial charge in [-0.3, -0.25) is 0 Å². The largest absolute Gasteiger partial charge is 0.416 e. The van der Waals surface area contributed by atoms with Gasteiger partial charge in [-0.15, -0.1) is 0 Å². The molecule has 4 nitrogen and oxygen atoms in total. The maximum atomic E-state index is 12.8. The first-order valence-electron chi connectivity index (χ1n) is 5.30. The van der Waals surface area contributed by atoms with Crippen LogP contribution in [0.15, 0.2) is 0 Å². The third kappa shape index (κ3) is 3.70. The van der Waals surface area contributed by atoms with Gasteiger partial charge in [0.1, 0.15) is 23.0 Å². The summed E-state index contributed by atoms with van der Waals surface area (Å²) in [4.78, 5) is 0. The predicted molar refractivity (Wildman–Crippen MR) is 68.7 cm³/mol. The molecule has 0 radical (unpaired) electrons. The molecule has 0 aliphatic carbocycles. The van der Waals surface area contributed by atoms with Crippen LogP contribution < -0.4 is 0 Å². The maximum absolute atomic E-state index is 12.8. The Balaban J connectivity index is 2.81. The zero-order chi connectivity index (χ0) is 14.2. The van der Waals surface area contributed by atoms with Gasteiger partial charge in [-0.25, -0.2) is 12.7 Å². The highest BCUT2D eigenvalue weighted by Gasteiger charge is 2.53. The Bertz CT molecular complexity index is 390. The summed E-state index contributed by atoms with van der Waals surface area (Å²) in [6.07, 6.45) is -4.98. The number of piperidine rings is 1. The van der Waals surface area contributed by atoms with Gasteiger partial charge in [0.15, 0.2) is 6.10 Å². The molecule has 0 saturated carbocycles. The molecule has 0 bridgehead atoms. The molecule has 0 aromatic rings. The van der Waals surface area contributed by atoms with Gasteiger partial charge in [-0.1, -0.05) is 6.92 Å². The van der Waals surface area contributed by atoms with Gasteiger partial charge in [0.2, 0.25) is 10.0 Å². The minimum Gasteiger partial charge on any atom is -0.302 e. The van der Waals surface area contributed by atoms with Crippen molar-refractivity contribution in [2.75, 3.05) is 19.3 Å². The van der Waals surface area contributed by atoms with E-state index in [1.807, 2.05) is 0 Å². The van der Waals surface area contributed by atoms with Crippen molar-refractivity contribution in [3.8, 4) is 0 Å². The average Bonchev–Trinajstić information content (AvgIpc) is 2.14. The fourth-order valence-electron chi connectivity index (χ4n) is 2.14. The molecule has 0 aromatic carbocycles. The third-order valence-electron chi connectivity index (χ3n) is 3.35. The molecule has 1 fully saturated rings. The Kier molecular flexibility index (Phi) is 4.94. The van der Waals surface area contributed by atoms with Gasteiger partial charge in [-0.05, 0) is 12.8 Å². The van der Waals surface area contributed by atoms with E-state index in [-0.39, 0.29) is 25.9 Å². The molecule has 1 unspecified atom stereocenters. The van der Waals surface area contributed by atoms with Gasteiger partial charge in [0, 0.05) is 18.5 Å². The van der Waals surface area contributed by atoms with Crippen LogP contribution in [0, 0.1) is 5.41 Å². The lowest BCUT2D eigenvalue weighted by Crippen LogP contribution is -2.51. The highest BCUT2D eigenvalue weighted by atomic mass is 127. The van der Waals surface area contributed by atoms with Gasteiger partial charge < -0.3 is 3.07 Å². The lowest BCUT2D eigenvalue weighted by molar-refractivity contribution is -0.222. The Morgan fingerprint density at radius 1 is 1.33 bits per heavy atom. The van der Waals surface area contributed by atoms with Crippen molar-refractivity contribution >= 4 is 33.0 Å². The number of halogens is 4. The number of rotatable bonds is 3. The van der Waals surface area contributed by atoms with Crippen molar-refractivity contribution in [3.63, 3.8) is 0 Å². The molecular formula is C9H15F3INO3S. The van der Waals surface area contributed by atoms with Crippen molar-refractivity contribution in [2.45, 2.75) is 32.0 Å². The van der Waals surface area contributed by atoms with E-state index in [9.17, 15) is 21.6 Å². The lowest BCUT2D eigenvalue weighted by Gasteiger charge is -2.42. The monoisotopic (exact) mass is 401 g/mol. The van der Waals surface area contributed by atoms with E-state index in [1.165, 1.54) is 34.2 Å². The number of hydrogen-bond donors (Lipinski definition) is 0. The van der Waals surface area contributed by atoms with Crippen LogP contribution in [0.1, 0.15) is 19.8 Å². The van der Waals surface area contributed by atoms with Crippen LogP contribution in [-0.2, 0) is 13.1 Å². The molecule has 1 rings (SSSR count). The third-order valence-corrected chi connectivity index (χ3v) is 5.16. The quantitative estimate of drug-likeness (QED) is 0.683. The molecule has 1 aliphatic rings. The Morgan fingerprint density at radius 2 is 1.78 bits per heavy atom. The van der Waals surface area contributed by atoms with E-state index in [1.54, 1.807) is 0 Å². The molecule has 0 aromatic heterocycles. The summed E-state index contributed by atoms with van der Waals surface area (Å²) in [6.45, 7) is 1.69. The molecule has 1 aliphatic heterocycles. The van der Waals surface area contributed by atoms with Crippen LogP contribution in [0.5, 0.6) is 0 Å². The molecule has 1 saturated heterocycles. The van der Waals surface area contributed by atoms with E-state index >= 15 is 0 Å². The van der Waals surface area contributed by atoms with Crippen molar-refractivity contribution in [1.82, 2.24) is 4.31 Å². The summed E-state index contributed by atoms with van der Waals surface area (Å²) < 4.78 is 66.8. The Labute approximate surface area is 119 Å². The van der Waals surface area contributed by atoms with Crippen LogP contribution in [0.2, 0.25) is 0 Å². The van der Waals surface area contributed by atoms with Crippen LogP contribution in [-0.4, -0.2) is 44.3 Å². The van der Waals surface area contributed by atoms with E-state index in [4.69, 9.17) is 0 Å². The van der Waals surface area contributed by atoms with Crippen molar-refractivity contribution < 1.29 is 24.7 Å². The highest BCUT2D eigenvalue weighted by molar-refractivity contribution is 14.1. The molecule has 0 spiro atoms. The first-order valence-corrected chi connectivity index (χ1v) is 8.03. The summed E-state index contributed by atoms with van der Waals surface area (Å²) in [6, 6.07) is 0. The summed E-state index contributed by atoms with van der Waals surface area (Å²) >= 11 is 1.26. The minimum atomic E-state index is -4.44. The minimum absolute atomic E-state index is 0.0991. The average molecular weight is 401 g/mol. The second-order valence-electron chi connectivity index (χ2n) is 4.83. The van der Waals surface area contributed by atoms with Crippen LogP contribution >= 0.6 is 23.0 Å². The molecule has 0 N–H and O–H groups in total. The van der Waals surface area contributed by atoms with E-state index in [0.29, 0.717) is 0 Å². The van der Waals surface area contributed by atoms with Crippen LogP contribution in [0.25, 0.3) is 0 Å². The second kappa shape index (κ2) is 5.41. The van der Waals surface area contributed by atoms with Gasteiger partial charge in [0.05, 0.1) is 6.26 Å². The van der Waals surface area contributed by atoms with Crippen molar-refractivity contribution in [3.05, 3.63) is 0 Å². The standard InChI is InChI=1S/C9H15F3INO3S/c1-8(7(17-13)9(10,11)12)3-5-14(6-4-8)18(2,15)16/h7H,3-6H2,1-2H3. The summed E-state index contributed by atoms with van der Waals surface area (Å²) in [5.41, 5.74) is -1.08. The molecule has 1 heterocycles. The lowest BCUT2D eigenvalue weighted by atomic mass is 9.76. The smallest absolute Gasteiger partial charge is 0.302 e. The predicted octanol–water partition coefficient (Wildman–Crippen LogP) is 2.35. The van der Waals surface area contributed by atoms with Gasteiger partial charge in [0.25, 0.3) is 0 Å². The SMILES string of the molecule is CC1(C(OI)C(F)(F)F)CCN(S(C)(=O)=O)CC1. The fourth-order valence-corrected chi connectivity index (χ4v) is 3.89. The topological polar surface area (TPSA) is 46.6 Å². The molecular weight excluding hydrogens is 386 g/mol. The van der Waals surface area contributed by atoms with Gasteiger partial charge >= 0.3 is 6.18 Å². The first kappa shape index (κ1) is 16.4. The normalized spacial score (nSPS) is 23.9. The number of sulfonamides is 1. The number of alkyl halides is 3.